The van der Waals surface area contributed by atoms with E-state index in [1.54, 1.807) is 0 Å². The molecule has 44 valence electrons. The Balaban J connectivity index is 0.000000640. The van der Waals surface area contributed by atoms with Crippen LogP contribution in [0.25, 0.3) is 0 Å². The van der Waals surface area contributed by atoms with E-state index in [1.165, 1.54) is 0 Å². The Morgan fingerprint density at radius 1 is 1.11 bits per heavy atom. The first-order valence-electron chi connectivity index (χ1n) is 1.99. The van der Waals surface area contributed by atoms with Crippen LogP contribution in [0.3, 0.4) is 0 Å². The van der Waals surface area contributed by atoms with Gasteiger partial charge in [0.15, 0.2) is 0 Å². The molecular formula is C4H5N2NaO2. The van der Waals surface area contributed by atoms with Gasteiger partial charge in [0.05, 0.1) is 6.07 Å². The molecule has 0 saturated heterocycles. The molecule has 1 aromatic rings. The second-order valence-electron chi connectivity index (χ2n) is 1.23. The van der Waals surface area contributed by atoms with E-state index in [-0.39, 0.29) is 41.3 Å². The van der Waals surface area contributed by atoms with Crippen molar-refractivity contribution >= 4 is 29.6 Å². The Morgan fingerprint density at radius 2 is 1.56 bits per heavy atom. The van der Waals surface area contributed by atoms with Gasteiger partial charge < -0.3 is 10.2 Å². The SMILES string of the molecule is Oc1cc(O)ncn1.[NaH]. The molecule has 1 heterocycles. The molecule has 4 nitrogen and oxygen atoms in total. The van der Waals surface area contributed by atoms with Gasteiger partial charge in [-0.1, -0.05) is 0 Å². The standard InChI is InChI=1S/C4H4N2O2.Na.H/c7-3-1-4(8)6-2-5-3;;/h1-2H,(H2,5,6,7,8);;. The summed E-state index contributed by atoms with van der Waals surface area (Å²) in [6.07, 6.45) is 1.07. The predicted molar refractivity (Wildman–Crippen MR) is 32.5 cm³/mol. The molecule has 0 amide bonds. The van der Waals surface area contributed by atoms with Gasteiger partial charge in [0, 0.05) is 0 Å². The normalized spacial score (nSPS) is 8.00. The first kappa shape index (κ1) is 8.68. The quantitative estimate of drug-likeness (QED) is 0.460. The first-order chi connectivity index (χ1) is 3.79. The minimum atomic E-state index is -0.225. The van der Waals surface area contributed by atoms with Gasteiger partial charge in [-0.2, -0.15) is 0 Å². The second kappa shape index (κ2) is 3.66. The summed E-state index contributed by atoms with van der Waals surface area (Å²) in [5.41, 5.74) is 0. The fraction of sp³-hybridized carbons (Fsp3) is 0. The van der Waals surface area contributed by atoms with Gasteiger partial charge in [-0.15, -0.1) is 0 Å². The molecule has 0 aliphatic heterocycles. The number of aromatic hydroxyl groups is 2. The Hall–Kier alpha value is -0.320. The molecule has 1 aromatic heterocycles. The topological polar surface area (TPSA) is 66.2 Å². The van der Waals surface area contributed by atoms with E-state index < -0.39 is 0 Å². The molecule has 9 heavy (non-hydrogen) atoms. The molecule has 0 fully saturated rings. The Morgan fingerprint density at radius 3 is 1.78 bits per heavy atom. The fourth-order valence-electron chi connectivity index (χ4n) is 0.337. The third kappa shape index (κ3) is 2.64. The van der Waals surface area contributed by atoms with Crippen molar-refractivity contribution in [3.05, 3.63) is 12.4 Å². The molecular weight excluding hydrogens is 131 g/mol. The molecule has 0 saturated carbocycles. The molecule has 0 radical (unpaired) electrons. The third-order valence-corrected chi connectivity index (χ3v) is 0.638. The van der Waals surface area contributed by atoms with Crippen LogP contribution in [0.1, 0.15) is 0 Å². The van der Waals surface area contributed by atoms with Gasteiger partial charge in [-0.05, 0) is 0 Å². The maximum atomic E-state index is 8.50. The second-order valence-corrected chi connectivity index (χ2v) is 1.23. The van der Waals surface area contributed by atoms with Gasteiger partial charge in [-0.25, -0.2) is 9.97 Å². The number of hydrogen-bond acceptors (Lipinski definition) is 4. The van der Waals surface area contributed by atoms with E-state index in [0.29, 0.717) is 0 Å². The Kier molecular flexibility index (Phi) is 3.53. The summed E-state index contributed by atoms with van der Waals surface area (Å²) in [7, 11) is 0. The van der Waals surface area contributed by atoms with Crippen LogP contribution in [-0.2, 0) is 0 Å². The van der Waals surface area contributed by atoms with Crippen molar-refractivity contribution in [2.45, 2.75) is 0 Å². The molecule has 0 spiro atoms. The van der Waals surface area contributed by atoms with Gasteiger partial charge in [0.1, 0.15) is 6.33 Å². The number of rotatable bonds is 0. The van der Waals surface area contributed by atoms with Crippen LogP contribution in [0.4, 0.5) is 0 Å². The molecule has 0 aromatic carbocycles. The van der Waals surface area contributed by atoms with Crippen molar-refractivity contribution < 1.29 is 10.2 Å². The number of nitrogens with zero attached hydrogens (tertiary/aromatic N) is 2. The van der Waals surface area contributed by atoms with Crippen molar-refractivity contribution in [3.8, 4) is 11.8 Å². The van der Waals surface area contributed by atoms with Crippen LogP contribution < -0.4 is 0 Å². The fourth-order valence-corrected chi connectivity index (χ4v) is 0.337. The molecule has 0 aliphatic rings. The van der Waals surface area contributed by atoms with Crippen molar-refractivity contribution in [2.75, 3.05) is 0 Å². The van der Waals surface area contributed by atoms with Crippen LogP contribution in [0, 0.1) is 0 Å². The molecule has 2 N–H and O–H groups in total. The summed E-state index contributed by atoms with van der Waals surface area (Å²) >= 11 is 0. The summed E-state index contributed by atoms with van der Waals surface area (Å²) in [6, 6.07) is 1.06. The van der Waals surface area contributed by atoms with E-state index in [9.17, 15) is 0 Å². The van der Waals surface area contributed by atoms with Crippen molar-refractivity contribution in [1.29, 1.82) is 0 Å². The van der Waals surface area contributed by atoms with E-state index >= 15 is 0 Å². The number of aromatic nitrogens is 2. The molecule has 0 atom stereocenters. The Labute approximate surface area is 73.9 Å². The Bertz CT molecular complexity index is 176. The predicted octanol–water partition coefficient (Wildman–Crippen LogP) is -0.761. The van der Waals surface area contributed by atoms with Gasteiger partial charge >= 0.3 is 29.6 Å². The first-order valence-corrected chi connectivity index (χ1v) is 1.99. The van der Waals surface area contributed by atoms with Crippen LogP contribution in [0.2, 0.25) is 0 Å². The van der Waals surface area contributed by atoms with Crippen LogP contribution in [-0.4, -0.2) is 49.7 Å². The molecule has 0 bridgehead atoms. The third-order valence-electron chi connectivity index (χ3n) is 0.638. The van der Waals surface area contributed by atoms with Crippen LogP contribution in [0.5, 0.6) is 11.8 Å². The molecule has 0 unspecified atom stereocenters. The summed E-state index contributed by atoms with van der Waals surface area (Å²) in [4.78, 5) is 6.65. The van der Waals surface area contributed by atoms with Gasteiger partial charge in [0.25, 0.3) is 0 Å². The van der Waals surface area contributed by atoms with Gasteiger partial charge in [0.2, 0.25) is 11.8 Å². The zero-order valence-corrected chi connectivity index (χ0v) is 3.94. The van der Waals surface area contributed by atoms with Crippen molar-refractivity contribution in [2.24, 2.45) is 0 Å². The molecule has 1 rings (SSSR count). The average molecular weight is 136 g/mol. The van der Waals surface area contributed by atoms with Crippen molar-refractivity contribution in [3.63, 3.8) is 0 Å². The van der Waals surface area contributed by atoms with E-state index in [4.69, 9.17) is 10.2 Å². The molecule has 5 heteroatoms. The average Bonchev–Trinajstić information content (AvgIpc) is 1.64. The summed E-state index contributed by atoms with van der Waals surface area (Å²) in [6.45, 7) is 0. The van der Waals surface area contributed by atoms with E-state index in [2.05, 4.69) is 9.97 Å². The zero-order valence-electron chi connectivity index (χ0n) is 3.94. The summed E-state index contributed by atoms with van der Waals surface area (Å²) < 4.78 is 0. The van der Waals surface area contributed by atoms with Crippen LogP contribution >= 0.6 is 0 Å². The van der Waals surface area contributed by atoms with Gasteiger partial charge in [-0.3, -0.25) is 0 Å². The number of hydrogen-bond donors (Lipinski definition) is 2. The summed E-state index contributed by atoms with van der Waals surface area (Å²) in [5, 5.41) is 17.0. The monoisotopic (exact) mass is 136 g/mol. The zero-order chi connectivity index (χ0) is 5.98. The summed E-state index contributed by atoms with van der Waals surface area (Å²) in [5.74, 6) is -0.449. The van der Waals surface area contributed by atoms with Crippen molar-refractivity contribution in [1.82, 2.24) is 9.97 Å². The van der Waals surface area contributed by atoms with Crippen LogP contribution in [0.15, 0.2) is 12.4 Å². The van der Waals surface area contributed by atoms with E-state index in [0.717, 1.165) is 12.4 Å². The maximum absolute atomic E-state index is 8.50. The van der Waals surface area contributed by atoms with E-state index in [1.807, 2.05) is 0 Å². The minimum absolute atomic E-state index is 0. The molecule has 0 aliphatic carbocycles.